The molecule has 0 heterocycles. The van der Waals surface area contributed by atoms with Crippen LogP contribution in [0.4, 0.5) is 10.5 Å². The lowest BCUT2D eigenvalue weighted by molar-refractivity contribution is -0.384. The number of carbonyl (C=O) groups is 3. The van der Waals surface area contributed by atoms with Gasteiger partial charge >= 0.3 is 12.0 Å². The number of nitro groups is 1. The molecule has 0 spiro atoms. The minimum Gasteiger partial charge on any atom is -0.469 e. The van der Waals surface area contributed by atoms with E-state index in [1.54, 1.807) is 11.4 Å². The molecule has 12 heteroatoms. The molecular formula is C27H36N4O7S. The summed E-state index contributed by atoms with van der Waals surface area (Å²) in [6.45, 7) is 4.70. The van der Waals surface area contributed by atoms with Crippen molar-refractivity contribution < 1.29 is 28.3 Å². The molecule has 0 radical (unpaired) electrons. The number of esters is 1. The van der Waals surface area contributed by atoms with E-state index >= 15 is 0 Å². The summed E-state index contributed by atoms with van der Waals surface area (Å²) < 4.78 is 19.5. The molecule has 1 unspecified atom stereocenters. The molecule has 39 heavy (non-hydrogen) atoms. The average molecular weight is 561 g/mol. The number of carbonyl (C=O) groups excluding carboxylic acids is 3. The maximum Gasteiger partial charge on any atom is 0.317 e. The molecule has 2 rings (SSSR count). The summed E-state index contributed by atoms with van der Waals surface area (Å²) >= 11 is 0. The van der Waals surface area contributed by atoms with E-state index in [-0.39, 0.29) is 48.8 Å². The second-order valence-electron chi connectivity index (χ2n) is 9.49. The first-order valence-electron chi connectivity index (χ1n) is 12.6. The molecule has 0 saturated carbocycles. The maximum absolute atomic E-state index is 13.3. The van der Waals surface area contributed by atoms with E-state index in [0.29, 0.717) is 19.4 Å². The maximum atomic E-state index is 13.3. The largest absolute Gasteiger partial charge is 0.469 e. The summed E-state index contributed by atoms with van der Waals surface area (Å²) in [5, 5.41) is 13.3. The first-order valence-corrected chi connectivity index (χ1v) is 13.7. The van der Waals surface area contributed by atoms with Crippen molar-refractivity contribution in [3.05, 3.63) is 75.8 Å². The average Bonchev–Trinajstić information content (AvgIpc) is 2.93. The summed E-state index contributed by atoms with van der Waals surface area (Å²) in [6, 6.07) is 13.9. The standard InChI is InChI=1S/C27H36N4O7S/c1-20(2)19-30(39(37)26(33)22-10-12-24(13-11-22)31(35)36)17-14-23(18-21-8-6-5-7-9-21)28-27(34)29(3)16-15-25(32)38-4/h5-13,20,23H,14-19H2,1-4H3,(H,28,34)/t23-,39?/m1/s1. The van der Waals surface area contributed by atoms with Crippen molar-refractivity contribution in [1.82, 2.24) is 14.5 Å². The lowest BCUT2D eigenvalue weighted by atomic mass is 10.0. The van der Waals surface area contributed by atoms with Crippen LogP contribution >= 0.6 is 0 Å². The third kappa shape index (κ3) is 10.6. The van der Waals surface area contributed by atoms with Crippen LogP contribution in [-0.4, -0.2) is 75.3 Å². The Labute approximate surface area is 231 Å². The van der Waals surface area contributed by atoms with Gasteiger partial charge in [-0.1, -0.05) is 44.2 Å². The summed E-state index contributed by atoms with van der Waals surface area (Å²) in [4.78, 5) is 49.1. The number of non-ortho nitro benzene ring substituents is 1. The molecular weight excluding hydrogens is 524 g/mol. The zero-order chi connectivity index (χ0) is 28.9. The number of rotatable bonds is 14. The predicted molar refractivity (Wildman–Crippen MR) is 148 cm³/mol. The first-order chi connectivity index (χ1) is 18.5. The number of urea groups is 1. The van der Waals surface area contributed by atoms with Crippen LogP contribution < -0.4 is 5.32 Å². The Morgan fingerprint density at radius 3 is 2.26 bits per heavy atom. The number of ether oxygens (including phenoxy) is 1. The fourth-order valence-corrected chi connectivity index (χ4v) is 5.03. The summed E-state index contributed by atoms with van der Waals surface area (Å²) in [5.41, 5.74) is 0.958. The molecule has 0 aliphatic heterocycles. The Kier molecular flexibility index (Phi) is 12.7. The number of methoxy groups -OCH3 is 1. The molecule has 0 fully saturated rings. The van der Waals surface area contributed by atoms with E-state index in [2.05, 4.69) is 10.1 Å². The molecule has 11 nitrogen and oxygen atoms in total. The highest BCUT2D eigenvalue weighted by atomic mass is 32.2. The number of nitro benzene ring substituents is 1. The monoisotopic (exact) mass is 560 g/mol. The molecule has 1 N–H and O–H groups in total. The molecule has 0 aromatic heterocycles. The van der Waals surface area contributed by atoms with Crippen LogP contribution in [0.1, 0.15) is 42.6 Å². The van der Waals surface area contributed by atoms with Crippen molar-refractivity contribution in [1.29, 1.82) is 0 Å². The highest BCUT2D eigenvalue weighted by Gasteiger charge is 2.26. The molecule has 0 saturated heterocycles. The number of hydrogen-bond donors (Lipinski definition) is 1. The van der Waals surface area contributed by atoms with Crippen LogP contribution in [0.15, 0.2) is 54.6 Å². The van der Waals surface area contributed by atoms with Gasteiger partial charge in [0.25, 0.3) is 10.8 Å². The van der Waals surface area contributed by atoms with Crippen LogP contribution in [-0.2, 0) is 26.9 Å². The lowest BCUT2D eigenvalue weighted by Crippen LogP contribution is -2.46. The molecule has 212 valence electrons. The molecule has 0 aliphatic carbocycles. The SMILES string of the molecule is COC(=O)CCN(C)C(=O)N[C@H](CCN(CC(C)C)S(=O)C(=O)c1ccc([N+](=O)[O-])cc1)Cc1ccccc1. The third-order valence-corrected chi connectivity index (χ3v) is 7.23. The zero-order valence-corrected chi connectivity index (χ0v) is 23.5. The molecule has 0 bridgehead atoms. The number of nitrogens with one attached hydrogen (secondary N) is 1. The van der Waals surface area contributed by atoms with E-state index < -0.39 is 27.0 Å². The van der Waals surface area contributed by atoms with E-state index in [1.807, 2.05) is 44.2 Å². The predicted octanol–water partition coefficient (Wildman–Crippen LogP) is 3.56. The van der Waals surface area contributed by atoms with Gasteiger partial charge in [0.2, 0.25) is 0 Å². The Balaban J connectivity index is 2.16. The quantitative estimate of drug-likeness (QED) is 0.212. The fourth-order valence-electron chi connectivity index (χ4n) is 3.76. The van der Waals surface area contributed by atoms with E-state index in [0.717, 1.165) is 5.56 Å². The number of benzene rings is 2. The van der Waals surface area contributed by atoms with Crippen LogP contribution in [0, 0.1) is 16.0 Å². The molecule has 0 aliphatic rings. The summed E-state index contributed by atoms with van der Waals surface area (Å²) in [7, 11) is 0.838. The van der Waals surface area contributed by atoms with Gasteiger partial charge in [-0.15, -0.1) is 0 Å². The zero-order valence-electron chi connectivity index (χ0n) is 22.7. The van der Waals surface area contributed by atoms with Gasteiger partial charge in [0.1, 0.15) is 0 Å². The van der Waals surface area contributed by atoms with E-state index in [1.165, 1.54) is 36.3 Å². The van der Waals surface area contributed by atoms with Crippen molar-refractivity contribution in [3.63, 3.8) is 0 Å². The van der Waals surface area contributed by atoms with Crippen molar-refractivity contribution in [3.8, 4) is 0 Å². The second kappa shape index (κ2) is 15.7. The van der Waals surface area contributed by atoms with Crippen LogP contribution in [0.3, 0.4) is 0 Å². The molecule has 2 aromatic rings. The minimum atomic E-state index is -2.04. The third-order valence-electron chi connectivity index (χ3n) is 5.88. The summed E-state index contributed by atoms with van der Waals surface area (Å²) in [6.07, 6.45) is 0.975. The molecule has 2 amide bonds. The summed E-state index contributed by atoms with van der Waals surface area (Å²) in [5.74, 6) is -0.315. The van der Waals surface area contributed by atoms with Crippen LogP contribution in [0.5, 0.6) is 0 Å². The van der Waals surface area contributed by atoms with E-state index in [4.69, 9.17) is 0 Å². The number of nitrogens with zero attached hydrogens (tertiary/aromatic N) is 3. The van der Waals surface area contributed by atoms with Gasteiger partial charge in [0, 0.05) is 50.4 Å². The van der Waals surface area contributed by atoms with Gasteiger partial charge in [-0.3, -0.25) is 19.7 Å². The topological polar surface area (TPSA) is 139 Å². The lowest BCUT2D eigenvalue weighted by Gasteiger charge is -2.27. The van der Waals surface area contributed by atoms with Crippen LogP contribution in [0.2, 0.25) is 0 Å². The van der Waals surface area contributed by atoms with Crippen molar-refractivity contribution in [2.75, 3.05) is 33.8 Å². The fraction of sp³-hybridized carbons (Fsp3) is 0.444. The van der Waals surface area contributed by atoms with Gasteiger partial charge in [0.05, 0.1) is 18.5 Å². The number of hydrogen-bond acceptors (Lipinski definition) is 7. The molecule has 2 atom stereocenters. The Bertz CT molecular complexity index is 1140. The Morgan fingerprint density at radius 2 is 1.69 bits per heavy atom. The van der Waals surface area contributed by atoms with Crippen LogP contribution in [0.25, 0.3) is 0 Å². The number of amides is 2. The second-order valence-corrected chi connectivity index (χ2v) is 10.9. The van der Waals surface area contributed by atoms with Gasteiger partial charge in [0.15, 0.2) is 11.0 Å². The van der Waals surface area contributed by atoms with E-state index in [9.17, 15) is 28.7 Å². The van der Waals surface area contributed by atoms with Gasteiger partial charge in [-0.2, -0.15) is 0 Å². The Hall–Kier alpha value is -3.64. The minimum absolute atomic E-state index is 0.0652. The normalized spacial score (nSPS) is 12.6. The smallest absolute Gasteiger partial charge is 0.317 e. The van der Waals surface area contributed by atoms with Gasteiger partial charge in [-0.25, -0.2) is 13.3 Å². The highest BCUT2D eigenvalue weighted by molar-refractivity contribution is 7.98. The van der Waals surface area contributed by atoms with Crippen molar-refractivity contribution >= 4 is 33.8 Å². The highest BCUT2D eigenvalue weighted by Crippen LogP contribution is 2.16. The molecule has 2 aromatic carbocycles. The van der Waals surface area contributed by atoms with Crippen molar-refractivity contribution in [2.24, 2.45) is 5.92 Å². The Morgan fingerprint density at radius 1 is 1.05 bits per heavy atom. The first kappa shape index (κ1) is 31.6. The van der Waals surface area contributed by atoms with Gasteiger partial charge < -0.3 is 15.0 Å². The van der Waals surface area contributed by atoms with Gasteiger partial charge in [-0.05, 0) is 36.5 Å². The van der Waals surface area contributed by atoms with Crippen molar-refractivity contribution in [2.45, 2.75) is 39.2 Å².